The molecule has 0 aliphatic carbocycles. The summed E-state index contributed by atoms with van der Waals surface area (Å²) in [5, 5.41) is 19.3. The van der Waals surface area contributed by atoms with Gasteiger partial charge in [0.15, 0.2) is 0 Å². The number of aliphatic hydroxyl groups excluding tert-OH is 2. The Morgan fingerprint density at radius 3 is 2.11 bits per heavy atom. The van der Waals surface area contributed by atoms with E-state index in [1.165, 1.54) is 6.92 Å². The Bertz CT molecular complexity index is 263. The van der Waals surface area contributed by atoms with Crippen LogP contribution in [0.3, 0.4) is 0 Å². The minimum Gasteiger partial charge on any atom is -0.466 e. The van der Waals surface area contributed by atoms with Crippen LogP contribution in [-0.4, -0.2) is 47.6 Å². The SMILES string of the molecule is CCOC(=O)CCC(O)C(C(=O)OCC)C(C)O. The zero-order valence-electron chi connectivity index (χ0n) is 11.1. The number of ether oxygens (including phenoxy) is 2. The molecule has 6 heteroatoms. The quantitative estimate of drug-likeness (QED) is 0.609. The number of hydrogen-bond acceptors (Lipinski definition) is 6. The summed E-state index contributed by atoms with van der Waals surface area (Å²) in [7, 11) is 0. The maximum Gasteiger partial charge on any atom is 0.314 e. The van der Waals surface area contributed by atoms with Crippen molar-refractivity contribution in [3.8, 4) is 0 Å². The minimum atomic E-state index is -1.13. The summed E-state index contributed by atoms with van der Waals surface area (Å²) in [6.45, 7) is 5.17. The Morgan fingerprint density at radius 1 is 1.11 bits per heavy atom. The van der Waals surface area contributed by atoms with Crippen LogP contribution < -0.4 is 0 Å². The Kier molecular flexibility index (Phi) is 8.32. The fraction of sp³-hybridized carbons (Fsp3) is 0.833. The van der Waals surface area contributed by atoms with Crippen LogP contribution >= 0.6 is 0 Å². The second-order valence-corrected chi connectivity index (χ2v) is 3.93. The van der Waals surface area contributed by atoms with Crippen molar-refractivity contribution in [3.05, 3.63) is 0 Å². The molecular formula is C12H22O6. The Hall–Kier alpha value is -1.14. The fourth-order valence-electron chi connectivity index (χ4n) is 1.59. The molecule has 0 saturated heterocycles. The zero-order chi connectivity index (χ0) is 14.1. The molecule has 0 saturated carbocycles. The van der Waals surface area contributed by atoms with Gasteiger partial charge in [-0.05, 0) is 27.2 Å². The number of carbonyl (C=O) groups is 2. The van der Waals surface area contributed by atoms with E-state index in [-0.39, 0.29) is 26.1 Å². The summed E-state index contributed by atoms with van der Waals surface area (Å²) in [6, 6.07) is 0. The van der Waals surface area contributed by atoms with Crippen LogP contribution in [0.15, 0.2) is 0 Å². The van der Waals surface area contributed by atoms with Gasteiger partial charge in [0.1, 0.15) is 5.92 Å². The molecule has 3 unspecified atom stereocenters. The molecule has 0 fully saturated rings. The molecule has 106 valence electrons. The Balaban J connectivity index is 4.35. The molecule has 0 aliphatic heterocycles. The van der Waals surface area contributed by atoms with E-state index in [0.29, 0.717) is 0 Å². The molecule has 0 aromatic carbocycles. The van der Waals surface area contributed by atoms with Gasteiger partial charge in [-0.15, -0.1) is 0 Å². The third kappa shape index (κ3) is 5.97. The van der Waals surface area contributed by atoms with Crippen molar-refractivity contribution in [1.82, 2.24) is 0 Å². The molecule has 0 aliphatic rings. The molecule has 0 bridgehead atoms. The van der Waals surface area contributed by atoms with E-state index in [9.17, 15) is 19.8 Å². The molecule has 0 radical (unpaired) electrons. The van der Waals surface area contributed by atoms with Crippen LogP contribution in [0.2, 0.25) is 0 Å². The van der Waals surface area contributed by atoms with Gasteiger partial charge in [0, 0.05) is 6.42 Å². The first-order valence-electron chi connectivity index (χ1n) is 6.12. The maximum absolute atomic E-state index is 11.5. The van der Waals surface area contributed by atoms with E-state index in [1.54, 1.807) is 13.8 Å². The molecule has 18 heavy (non-hydrogen) atoms. The molecule has 0 aromatic rings. The molecular weight excluding hydrogens is 240 g/mol. The first kappa shape index (κ1) is 16.9. The van der Waals surface area contributed by atoms with Crippen LogP contribution in [0, 0.1) is 5.92 Å². The number of hydrogen-bond donors (Lipinski definition) is 2. The molecule has 0 spiro atoms. The molecule has 0 amide bonds. The molecule has 2 N–H and O–H groups in total. The largest absolute Gasteiger partial charge is 0.466 e. The number of aliphatic hydroxyl groups is 2. The number of esters is 2. The van der Waals surface area contributed by atoms with Crippen molar-refractivity contribution in [2.24, 2.45) is 5.92 Å². The van der Waals surface area contributed by atoms with Gasteiger partial charge >= 0.3 is 11.9 Å². The highest BCUT2D eigenvalue weighted by atomic mass is 16.5. The highest BCUT2D eigenvalue weighted by Crippen LogP contribution is 2.16. The van der Waals surface area contributed by atoms with Gasteiger partial charge in [-0.1, -0.05) is 0 Å². The lowest BCUT2D eigenvalue weighted by Crippen LogP contribution is -2.38. The summed E-state index contributed by atoms with van der Waals surface area (Å²) in [5.41, 5.74) is 0. The summed E-state index contributed by atoms with van der Waals surface area (Å²) >= 11 is 0. The summed E-state index contributed by atoms with van der Waals surface area (Å²) in [5.74, 6) is -2.15. The van der Waals surface area contributed by atoms with Crippen LogP contribution in [0.4, 0.5) is 0 Å². The van der Waals surface area contributed by atoms with Crippen LogP contribution in [0.25, 0.3) is 0 Å². The van der Waals surface area contributed by atoms with Gasteiger partial charge in [0.2, 0.25) is 0 Å². The first-order valence-corrected chi connectivity index (χ1v) is 6.12. The average molecular weight is 262 g/mol. The van der Waals surface area contributed by atoms with Crippen molar-refractivity contribution in [2.75, 3.05) is 13.2 Å². The topological polar surface area (TPSA) is 93.1 Å². The van der Waals surface area contributed by atoms with E-state index in [4.69, 9.17) is 9.47 Å². The van der Waals surface area contributed by atoms with Gasteiger partial charge in [-0.25, -0.2) is 0 Å². The van der Waals surface area contributed by atoms with E-state index >= 15 is 0 Å². The highest BCUT2D eigenvalue weighted by molar-refractivity contribution is 5.74. The van der Waals surface area contributed by atoms with Crippen molar-refractivity contribution < 1.29 is 29.3 Å². The average Bonchev–Trinajstić information content (AvgIpc) is 2.26. The van der Waals surface area contributed by atoms with Crippen molar-refractivity contribution >= 4 is 11.9 Å². The van der Waals surface area contributed by atoms with Crippen LogP contribution in [-0.2, 0) is 19.1 Å². The summed E-state index contributed by atoms with van der Waals surface area (Å²) in [4.78, 5) is 22.7. The minimum absolute atomic E-state index is 0.00235. The smallest absolute Gasteiger partial charge is 0.314 e. The fourth-order valence-corrected chi connectivity index (χ4v) is 1.59. The van der Waals surface area contributed by atoms with E-state index < -0.39 is 30.1 Å². The third-order valence-electron chi connectivity index (χ3n) is 2.44. The van der Waals surface area contributed by atoms with E-state index in [1.807, 2.05) is 0 Å². The second kappa shape index (κ2) is 8.88. The molecule has 6 nitrogen and oxygen atoms in total. The van der Waals surface area contributed by atoms with Gasteiger partial charge in [0.25, 0.3) is 0 Å². The lowest BCUT2D eigenvalue weighted by Gasteiger charge is -2.23. The van der Waals surface area contributed by atoms with Crippen LogP contribution in [0.1, 0.15) is 33.6 Å². The van der Waals surface area contributed by atoms with Gasteiger partial charge in [-0.3, -0.25) is 9.59 Å². The van der Waals surface area contributed by atoms with Gasteiger partial charge in [0.05, 0.1) is 25.4 Å². The van der Waals surface area contributed by atoms with Crippen LogP contribution in [0.5, 0.6) is 0 Å². The van der Waals surface area contributed by atoms with E-state index in [0.717, 1.165) is 0 Å². The maximum atomic E-state index is 11.5. The Morgan fingerprint density at radius 2 is 1.67 bits per heavy atom. The normalized spacial score (nSPS) is 15.6. The monoisotopic (exact) mass is 262 g/mol. The van der Waals surface area contributed by atoms with Crippen molar-refractivity contribution in [1.29, 1.82) is 0 Å². The predicted molar refractivity (Wildman–Crippen MR) is 63.7 cm³/mol. The first-order chi connectivity index (χ1) is 8.43. The highest BCUT2D eigenvalue weighted by Gasteiger charge is 2.32. The lowest BCUT2D eigenvalue weighted by molar-refractivity contribution is -0.158. The molecule has 0 heterocycles. The van der Waals surface area contributed by atoms with Gasteiger partial charge in [-0.2, -0.15) is 0 Å². The van der Waals surface area contributed by atoms with Gasteiger partial charge < -0.3 is 19.7 Å². The molecule has 0 aromatic heterocycles. The molecule has 3 atom stereocenters. The number of rotatable bonds is 8. The number of carbonyl (C=O) groups excluding carboxylic acids is 2. The zero-order valence-corrected chi connectivity index (χ0v) is 11.1. The standard InChI is InChI=1S/C12H22O6/c1-4-17-10(15)7-6-9(14)11(8(3)13)12(16)18-5-2/h8-9,11,13-14H,4-7H2,1-3H3. The second-order valence-electron chi connectivity index (χ2n) is 3.93. The summed E-state index contributed by atoms with van der Waals surface area (Å²) < 4.78 is 9.48. The van der Waals surface area contributed by atoms with Crippen molar-refractivity contribution in [2.45, 2.75) is 45.8 Å². The van der Waals surface area contributed by atoms with Crippen molar-refractivity contribution in [3.63, 3.8) is 0 Å². The third-order valence-corrected chi connectivity index (χ3v) is 2.44. The van der Waals surface area contributed by atoms with E-state index in [2.05, 4.69) is 0 Å². The Labute approximate surface area is 107 Å². The lowest BCUT2D eigenvalue weighted by atomic mass is 9.93. The summed E-state index contributed by atoms with van der Waals surface area (Å²) in [6.07, 6.45) is -2.13. The predicted octanol–water partition coefficient (Wildman–Crippen LogP) is 0.251. The molecule has 0 rings (SSSR count).